The van der Waals surface area contributed by atoms with Crippen LogP contribution in [0.4, 0.5) is 0 Å². The Kier molecular flexibility index (Phi) is 9.16. The van der Waals surface area contributed by atoms with Gasteiger partial charge in [0.25, 0.3) is 0 Å². The monoisotopic (exact) mass is 370 g/mol. The second-order valence-electron chi connectivity index (χ2n) is 6.70. The summed E-state index contributed by atoms with van der Waals surface area (Å²) in [6.45, 7) is 14.7. The summed E-state index contributed by atoms with van der Waals surface area (Å²) in [5.74, 6) is 1.61. The number of likely N-dealkylation sites (N-methyl/N-ethyl adjacent to an activating group) is 1. The minimum atomic E-state index is 0.545. The van der Waals surface area contributed by atoms with Gasteiger partial charge in [-0.25, -0.2) is 0 Å². The van der Waals surface area contributed by atoms with Crippen molar-refractivity contribution in [3.63, 3.8) is 0 Å². The zero-order chi connectivity index (χ0) is 19.5. The van der Waals surface area contributed by atoms with Crippen LogP contribution in [0.2, 0.25) is 0 Å². The highest BCUT2D eigenvalue weighted by Gasteiger charge is 2.07. The maximum atomic E-state index is 6.02. The van der Waals surface area contributed by atoms with Gasteiger partial charge in [0.1, 0.15) is 6.61 Å². The van der Waals surface area contributed by atoms with Crippen LogP contribution in [0.1, 0.15) is 37.5 Å². The molecule has 4 nitrogen and oxygen atoms in total. The number of hydrogen-bond acceptors (Lipinski definition) is 4. The highest BCUT2D eigenvalue weighted by Crippen LogP contribution is 2.29. The Bertz CT molecular complexity index is 684. The van der Waals surface area contributed by atoms with E-state index in [0.717, 1.165) is 44.2 Å². The molecule has 0 aliphatic rings. The van der Waals surface area contributed by atoms with E-state index >= 15 is 0 Å². The molecule has 0 bridgehead atoms. The third-order valence-corrected chi connectivity index (χ3v) is 4.61. The Morgan fingerprint density at radius 2 is 1.70 bits per heavy atom. The Labute approximate surface area is 164 Å². The summed E-state index contributed by atoms with van der Waals surface area (Å²) in [5.41, 5.74) is 3.62. The number of rotatable bonds is 12. The van der Waals surface area contributed by atoms with E-state index in [0.29, 0.717) is 13.2 Å². The third-order valence-electron chi connectivity index (χ3n) is 4.61. The Morgan fingerprint density at radius 3 is 2.41 bits per heavy atom. The van der Waals surface area contributed by atoms with Gasteiger partial charge in [-0.1, -0.05) is 49.7 Å². The topological polar surface area (TPSA) is 33.7 Å². The lowest BCUT2D eigenvalue weighted by Crippen LogP contribution is -2.31. The summed E-state index contributed by atoms with van der Waals surface area (Å²) in [6, 6.07) is 14.6. The number of ether oxygens (including phenoxy) is 2. The van der Waals surface area contributed by atoms with Crippen molar-refractivity contribution < 1.29 is 9.47 Å². The first kappa shape index (κ1) is 21.3. The molecule has 0 aliphatic carbocycles. The molecule has 4 heteroatoms. The predicted octanol–water partition coefficient (Wildman–Crippen LogP) is 4.40. The van der Waals surface area contributed by atoms with Gasteiger partial charge in [-0.15, -0.1) is 0 Å². The van der Waals surface area contributed by atoms with E-state index < -0.39 is 0 Å². The number of nitrogens with zero attached hydrogens (tertiary/aromatic N) is 1. The van der Waals surface area contributed by atoms with Crippen molar-refractivity contribution in [2.24, 2.45) is 0 Å². The normalized spacial score (nSPS) is 11.0. The van der Waals surface area contributed by atoms with Crippen LogP contribution in [0.5, 0.6) is 11.5 Å². The summed E-state index contributed by atoms with van der Waals surface area (Å²) in [6.07, 6.45) is 0. The molecule has 0 aliphatic heterocycles. The van der Waals surface area contributed by atoms with Crippen LogP contribution >= 0.6 is 0 Å². The molecule has 0 atom stereocenters. The summed E-state index contributed by atoms with van der Waals surface area (Å²) < 4.78 is 11.8. The Hall–Kier alpha value is -2.04. The Balaban J connectivity index is 1.92. The van der Waals surface area contributed by atoms with Gasteiger partial charge in [0.15, 0.2) is 11.5 Å². The minimum absolute atomic E-state index is 0.545. The van der Waals surface area contributed by atoms with Crippen LogP contribution in [0.25, 0.3) is 0 Å². The molecular weight excluding hydrogens is 336 g/mol. The largest absolute Gasteiger partial charge is 0.490 e. The van der Waals surface area contributed by atoms with E-state index in [-0.39, 0.29) is 0 Å². The first-order chi connectivity index (χ1) is 13.2. The van der Waals surface area contributed by atoms with Crippen LogP contribution in [0.15, 0.2) is 42.5 Å². The second kappa shape index (κ2) is 11.6. The maximum Gasteiger partial charge on any atom is 0.161 e. The van der Waals surface area contributed by atoms with E-state index in [1.165, 1.54) is 16.7 Å². The SMILES string of the molecule is CCOc1cc(CNCCN(CC)CC)ccc1OCc1cccc(C)c1. The van der Waals surface area contributed by atoms with Gasteiger partial charge in [-0.2, -0.15) is 0 Å². The van der Waals surface area contributed by atoms with Crippen molar-refractivity contribution in [3.8, 4) is 11.5 Å². The van der Waals surface area contributed by atoms with Gasteiger partial charge in [-0.3, -0.25) is 0 Å². The fourth-order valence-electron chi connectivity index (χ4n) is 3.02. The average molecular weight is 371 g/mol. The van der Waals surface area contributed by atoms with E-state index in [9.17, 15) is 0 Å². The molecule has 27 heavy (non-hydrogen) atoms. The highest BCUT2D eigenvalue weighted by molar-refractivity contribution is 5.43. The van der Waals surface area contributed by atoms with Crippen molar-refractivity contribution in [2.45, 2.75) is 40.8 Å². The summed E-state index contributed by atoms with van der Waals surface area (Å²) in [4.78, 5) is 2.42. The number of nitrogens with one attached hydrogen (secondary N) is 1. The van der Waals surface area contributed by atoms with Crippen molar-refractivity contribution in [2.75, 3.05) is 32.8 Å². The molecule has 2 aromatic carbocycles. The van der Waals surface area contributed by atoms with Crippen molar-refractivity contribution in [1.29, 1.82) is 0 Å². The van der Waals surface area contributed by atoms with Crippen molar-refractivity contribution in [1.82, 2.24) is 10.2 Å². The van der Waals surface area contributed by atoms with E-state index in [1.54, 1.807) is 0 Å². The van der Waals surface area contributed by atoms with Gasteiger partial charge < -0.3 is 19.7 Å². The zero-order valence-corrected chi connectivity index (χ0v) is 17.3. The smallest absolute Gasteiger partial charge is 0.161 e. The van der Waals surface area contributed by atoms with Crippen molar-refractivity contribution in [3.05, 3.63) is 59.2 Å². The molecule has 0 amide bonds. The van der Waals surface area contributed by atoms with Gasteiger partial charge in [-0.05, 0) is 50.2 Å². The quantitative estimate of drug-likeness (QED) is 0.561. The third kappa shape index (κ3) is 7.24. The fraction of sp³-hybridized carbons (Fsp3) is 0.478. The average Bonchev–Trinajstić information content (AvgIpc) is 2.68. The molecule has 0 saturated heterocycles. The molecule has 0 heterocycles. The number of aryl methyl sites for hydroxylation is 1. The standard InChI is InChI=1S/C23H34N2O2/c1-5-25(6-2)14-13-24-17-20-11-12-22(23(16-20)26-7-3)27-18-21-10-8-9-19(4)15-21/h8-12,15-16,24H,5-7,13-14,17-18H2,1-4H3. The van der Waals surface area contributed by atoms with Crippen molar-refractivity contribution >= 4 is 0 Å². The lowest BCUT2D eigenvalue weighted by atomic mass is 10.1. The number of hydrogen-bond donors (Lipinski definition) is 1. The van der Waals surface area contributed by atoms with Gasteiger partial charge in [0.05, 0.1) is 6.61 Å². The second-order valence-corrected chi connectivity index (χ2v) is 6.70. The fourth-order valence-corrected chi connectivity index (χ4v) is 3.02. The minimum Gasteiger partial charge on any atom is -0.490 e. The molecule has 148 valence electrons. The van der Waals surface area contributed by atoms with Gasteiger partial charge >= 0.3 is 0 Å². The molecular formula is C23H34N2O2. The van der Waals surface area contributed by atoms with Crippen LogP contribution in [0.3, 0.4) is 0 Å². The van der Waals surface area contributed by atoms with E-state index in [2.05, 4.69) is 67.4 Å². The lowest BCUT2D eigenvalue weighted by Gasteiger charge is -2.18. The lowest BCUT2D eigenvalue weighted by molar-refractivity contribution is 0.269. The van der Waals surface area contributed by atoms with Crippen LogP contribution in [-0.4, -0.2) is 37.7 Å². The molecule has 0 saturated carbocycles. The summed E-state index contributed by atoms with van der Waals surface area (Å²) in [7, 11) is 0. The molecule has 0 fully saturated rings. The molecule has 2 rings (SSSR count). The van der Waals surface area contributed by atoms with Crippen LogP contribution in [-0.2, 0) is 13.2 Å². The maximum absolute atomic E-state index is 6.02. The molecule has 0 spiro atoms. The van der Waals surface area contributed by atoms with E-state index in [1.807, 2.05) is 13.0 Å². The van der Waals surface area contributed by atoms with Crippen LogP contribution in [0, 0.1) is 6.92 Å². The molecule has 0 unspecified atom stereocenters. The first-order valence-corrected chi connectivity index (χ1v) is 10.0. The van der Waals surface area contributed by atoms with Crippen LogP contribution < -0.4 is 14.8 Å². The molecule has 1 N–H and O–H groups in total. The highest BCUT2D eigenvalue weighted by atomic mass is 16.5. The first-order valence-electron chi connectivity index (χ1n) is 10.0. The van der Waals surface area contributed by atoms with Gasteiger partial charge in [0.2, 0.25) is 0 Å². The number of benzene rings is 2. The van der Waals surface area contributed by atoms with E-state index in [4.69, 9.17) is 9.47 Å². The molecule has 0 aromatic heterocycles. The Morgan fingerprint density at radius 1 is 0.889 bits per heavy atom. The molecule has 0 radical (unpaired) electrons. The summed E-state index contributed by atoms with van der Waals surface area (Å²) in [5, 5.41) is 3.52. The van der Waals surface area contributed by atoms with Gasteiger partial charge in [0, 0.05) is 19.6 Å². The zero-order valence-electron chi connectivity index (χ0n) is 17.3. The summed E-state index contributed by atoms with van der Waals surface area (Å²) >= 11 is 0. The molecule has 2 aromatic rings. The predicted molar refractivity (Wildman–Crippen MR) is 113 cm³/mol.